The van der Waals surface area contributed by atoms with Crippen LogP contribution < -0.4 is 0 Å². The lowest BCUT2D eigenvalue weighted by molar-refractivity contribution is -0.151. The largest absolute Gasteiger partial charge is 0.462 e. The van der Waals surface area contributed by atoms with E-state index in [1.165, 1.54) is 83.5 Å². The molecule has 4 aliphatic carbocycles. The second kappa shape index (κ2) is 10.2. The third-order valence-electron chi connectivity index (χ3n) is 10.7. The van der Waals surface area contributed by atoms with Crippen LogP contribution in [0.5, 0.6) is 0 Å². The molecule has 0 aromatic carbocycles. The summed E-state index contributed by atoms with van der Waals surface area (Å²) in [5.41, 5.74) is 2.58. The lowest BCUT2D eigenvalue weighted by atomic mass is 9.47. The maximum absolute atomic E-state index is 11.8. The smallest absolute Gasteiger partial charge is 0.305 e. The van der Waals surface area contributed by atoms with Crippen molar-refractivity contribution in [3.05, 3.63) is 11.6 Å². The zero-order chi connectivity index (χ0) is 22.8. The van der Waals surface area contributed by atoms with Crippen molar-refractivity contribution in [2.45, 2.75) is 137 Å². The molecule has 0 spiro atoms. The molecule has 7 atom stereocenters. The first-order valence-corrected chi connectivity index (χ1v) is 14.3. The van der Waals surface area contributed by atoms with Gasteiger partial charge in [-0.15, -0.1) is 0 Å². The van der Waals surface area contributed by atoms with Crippen molar-refractivity contribution in [1.29, 1.82) is 0 Å². The highest BCUT2D eigenvalue weighted by Gasteiger charge is 2.58. The van der Waals surface area contributed by atoms with Crippen molar-refractivity contribution in [2.24, 2.45) is 34.5 Å². The minimum atomic E-state index is -0.0244. The summed E-state index contributed by atoms with van der Waals surface area (Å²) in [6.45, 7) is 9.47. The summed E-state index contributed by atoms with van der Waals surface area (Å²) in [5.74, 6) is 3.64. The molecule has 32 heavy (non-hydrogen) atoms. The van der Waals surface area contributed by atoms with Gasteiger partial charge in [0.25, 0.3) is 0 Å². The zero-order valence-corrected chi connectivity index (χ0v) is 21.6. The topological polar surface area (TPSA) is 26.3 Å². The Morgan fingerprint density at radius 2 is 1.75 bits per heavy atom. The van der Waals surface area contributed by atoms with Crippen LogP contribution in [0, 0.1) is 34.5 Å². The van der Waals surface area contributed by atoms with E-state index in [0.29, 0.717) is 17.3 Å². The normalized spacial score (nSPS) is 40.8. The average molecular weight is 443 g/mol. The number of hydrogen-bond acceptors (Lipinski definition) is 2. The molecule has 0 N–H and O–H groups in total. The van der Waals surface area contributed by atoms with E-state index in [1.807, 2.05) is 6.92 Å². The molecule has 0 aliphatic heterocycles. The zero-order valence-electron chi connectivity index (χ0n) is 21.6. The van der Waals surface area contributed by atoms with Gasteiger partial charge in [0.05, 0.1) is 0 Å². The van der Waals surface area contributed by atoms with E-state index in [2.05, 4.69) is 26.8 Å². The maximum atomic E-state index is 11.8. The molecular weight excluding hydrogens is 392 g/mol. The molecule has 0 bridgehead atoms. The SMILES string of the molecule is CCCCCCCC[C@@H]1CC[C@@H]2[C@H]3CC=C4C[C@@H](OC(=O)CC)CC[C@]4(C)[C@H]3CC[C@]12C. The number of hydrogen-bond donors (Lipinski definition) is 0. The third-order valence-corrected chi connectivity index (χ3v) is 10.7. The highest BCUT2D eigenvalue weighted by molar-refractivity contribution is 5.69. The minimum absolute atomic E-state index is 0.0244. The van der Waals surface area contributed by atoms with E-state index >= 15 is 0 Å². The highest BCUT2D eigenvalue weighted by atomic mass is 16.5. The number of fused-ring (bicyclic) bond motifs is 5. The van der Waals surface area contributed by atoms with E-state index in [1.54, 1.807) is 5.57 Å². The molecule has 0 radical (unpaired) electrons. The van der Waals surface area contributed by atoms with Crippen molar-refractivity contribution < 1.29 is 9.53 Å². The van der Waals surface area contributed by atoms with Crippen LogP contribution in [0.3, 0.4) is 0 Å². The average Bonchev–Trinajstić information content (AvgIpc) is 3.12. The number of allylic oxidation sites excluding steroid dienone is 1. The molecule has 2 heteroatoms. The van der Waals surface area contributed by atoms with Gasteiger partial charge in [-0.3, -0.25) is 4.79 Å². The molecular formula is C30H50O2. The van der Waals surface area contributed by atoms with E-state index in [4.69, 9.17) is 4.74 Å². The van der Waals surface area contributed by atoms with Crippen molar-refractivity contribution in [2.75, 3.05) is 0 Å². The summed E-state index contributed by atoms with van der Waals surface area (Å²) >= 11 is 0. The highest BCUT2D eigenvalue weighted by Crippen LogP contribution is 2.66. The lowest BCUT2D eigenvalue weighted by Crippen LogP contribution is -2.50. The Balaban J connectivity index is 1.38. The van der Waals surface area contributed by atoms with E-state index in [-0.39, 0.29) is 12.1 Å². The van der Waals surface area contributed by atoms with Gasteiger partial charge in [-0.1, -0.05) is 77.9 Å². The van der Waals surface area contributed by atoms with Gasteiger partial charge in [0.1, 0.15) is 6.10 Å². The van der Waals surface area contributed by atoms with Gasteiger partial charge in [0.2, 0.25) is 0 Å². The molecule has 0 unspecified atom stereocenters. The number of carbonyl (C=O) groups is 1. The Kier molecular flexibility index (Phi) is 7.78. The summed E-state index contributed by atoms with van der Waals surface area (Å²) < 4.78 is 5.76. The monoisotopic (exact) mass is 442 g/mol. The molecule has 0 heterocycles. The molecule has 0 aromatic heterocycles. The molecule has 3 fully saturated rings. The standard InChI is InChI=1S/C30H50O2/c1-5-7-8-9-10-11-12-22-14-16-26-25-15-13-23-21-24(32-28(31)6-2)17-19-30(23,4)27(25)18-20-29(22,26)3/h13,22,24-27H,5-12,14-21H2,1-4H3/t22-,24+,25-,26-,27+,29-,30+/m1/s1. The fourth-order valence-electron chi connectivity index (χ4n) is 8.75. The number of ether oxygens (including phenoxy) is 1. The molecule has 2 nitrogen and oxygen atoms in total. The molecule has 0 amide bonds. The second-order valence-electron chi connectivity index (χ2n) is 12.3. The van der Waals surface area contributed by atoms with Crippen LogP contribution in [-0.2, 0) is 9.53 Å². The number of esters is 1. The third kappa shape index (κ3) is 4.58. The van der Waals surface area contributed by atoms with Crippen molar-refractivity contribution in [3.63, 3.8) is 0 Å². The fraction of sp³-hybridized carbons (Fsp3) is 0.900. The van der Waals surface area contributed by atoms with Crippen molar-refractivity contribution in [1.82, 2.24) is 0 Å². The van der Waals surface area contributed by atoms with Gasteiger partial charge in [0.15, 0.2) is 0 Å². The quantitative estimate of drug-likeness (QED) is 0.203. The fourth-order valence-corrected chi connectivity index (χ4v) is 8.75. The van der Waals surface area contributed by atoms with E-state index in [0.717, 1.165) is 36.5 Å². The van der Waals surface area contributed by atoms with Crippen LogP contribution in [-0.4, -0.2) is 12.1 Å². The number of unbranched alkanes of at least 4 members (excludes halogenated alkanes) is 5. The molecule has 0 aromatic rings. The van der Waals surface area contributed by atoms with E-state index in [9.17, 15) is 4.79 Å². The Morgan fingerprint density at radius 1 is 0.969 bits per heavy atom. The summed E-state index contributed by atoms with van der Waals surface area (Å²) in [5, 5.41) is 0. The predicted molar refractivity (Wildman–Crippen MR) is 133 cm³/mol. The Bertz CT molecular complexity index is 680. The first-order chi connectivity index (χ1) is 15.4. The minimum Gasteiger partial charge on any atom is -0.462 e. The van der Waals surface area contributed by atoms with Crippen LogP contribution in [0.25, 0.3) is 0 Å². The van der Waals surface area contributed by atoms with E-state index < -0.39 is 0 Å². The van der Waals surface area contributed by atoms with Gasteiger partial charge in [-0.2, -0.15) is 0 Å². The van der Waals surface area contributed by atoms with Crippen LogP contribution >= 0.6 is 0 Å². The van der Waals surface area contributed by atoms with Crippen LogP contribution in [0.15, 0.2) is 11.6 Å². The maximum Gasteiger partial charge on any atom is 0.305 e. The second-order valence-corrected chi connectivity index (χ2v) is 12.3. The van der Waals surface area contributed by atoms with Gasteiger partial charge >= 0.3 is 5.97 Å². The molecule has 3 saturated carbocycles. The first kappa shape index (κ1) is 24.3. The number of rotatable bonds is 9. The van der Waals surface area contributed by atoms with Gasteiger partial charge < -0.3 is 4.74 Å². The van der Waals surface area contributed by atoms with Gasteiger partial charge in [0, 0.05) is 12.8 Å². The van der Waals surface area contributed by atoms with Crippen molar-refractivity contribution >= 4 is 5.97 Å². The summed E-state index contributed by atoms with van der Waals surface area (Å²) in [6, 6.07) is 0. The van der Waals surface area contributed by atoms with Crippen LogP contribution in [0.2, 0.25) is 0 Å². The molecule has 182 valence electrons. The Labute approximate surface area is 198 Å². The van der Waals surface area contributed by atoms with Gasteiger partial charge in [-0.05, 0) is 85.9 Å². The predicted octanol–water partition coefficient (Wildman–Crippen LogP) is 8.64. The van der Waals surface area contributed by atoms with Crippen LogP contribution in [0.1, 0.15) is 130 Å². The Morgan fingerprint density at radius 3 is 2.53 bits per heavy atom. The summed E-state index contributed by atoms with van der Waals surface area (Å²) in [4.78, 5) is 11.8. The molecule has 4 aliphatic rings. The first-order valence-electron chi connectivity index (χ1n) is 14.3. The summed E-state index contributed by atoms with van der Waals surface area (Å²) in [7, 11) is 0. The van der Waals surface area contributed by atoms with Crippen molar-refractivity contribution in [3.8, 4) is 0 Å². The van der Waals surface area contributed by atoms with Gasteiger partial charge in [-0.25, -0.2) is 0 Å². The Hall–Kier alpha value is -0.790. The summed E-state index contributed by atoms with van der Waals surface area (Å²) in [6.07, 6.45) is 23.7. The molecule has 0 saturated heterocycles. The van der Waals surface area contributed by atoms with Crippen LogP contribution in [0.4, 0.5) is 0 Å². The molecule has 4 rings (SSSR count). The lowest BCUT2D eigenvalue weighted by Gasteiger charge is -2.58. The number of carbonyl (C=O) groups excluding carboxylic acids is 1.